The Bertz CT molecular complexity index is 1520. The zero-order chi connectivity index (χ0) is 23.6. The molecule has 0 spiro atoms. The van der Waals surface area contributed by atoms with Gasteiger partial charge in [0.25, 0.3) is 0 Å². The highest BCUT2D eigenvalue weighted by Gasteiger charge is 2.35. The second kappa shape index (κ2) is 7.15. The van der Waals surface area contributed by atoms with E-state index < -0.39 is 0 Å². The largest absolute Gasteiger partial charge is 0.289 e. The molecule has 0 saturated heterocycles. The highest BCUT2D eigenvalue weighted by atomic mass is 16.1. The van der Waals surface area contributed by atoms with Gasteiger partial charge in [-0.15, -0.1) is 0 Å². The fraction of sp³-hybridized carbons (Fsp3) is 0. The molecule has 2 aliphatic rings. The summed E-state index contributed by atoms with van der Waals surface area (Å²) in [5, 5.41) is 0. The summed E-state index contributed by atoms with van der Waals surface area (Å²) in [5.74, 6) is -0.982. The number of fused-ring (bicyclic) bond motifs is 4. The molecule has 4 aromatic carbocycles. The van der Waals surface area contributed by atoms with E-state index in [9.17, 15) is 19.2 Å². The minimum Gasteiger partial charge on any atom is -0.289 e. The summed E-state index contributed by atoms with van der Waals surface area (Å²) in [6.45, 7) is 4.22. The molecule has 0 radical (unpaired) electrons. The molecule has 0 unspecified atom stereocenters. The zero-order valence-corrected chi connectivity index (χ0v) is 17.9. The third-order valence-electron chi connectivity index (χ3n) is 6.56. The highest BCUT2D eigenvalue weighted by molar-refractivity contribution is 6.31. The Kier molecular flexibility index (Phi) is 4.20. The second-order valence-corrected chi connectivity index (χ2v) is 8.34. The van der Waals surface area contributed by atoms with Crippen molar-refractivity contribution in [1.29, 1.82) is 0 Å². The van der Waals surface area contributed by atoms with Crippen molar-refractivity contribution in [2.24, 2.45) is 0 Å². The van der Waals surface area contributed by atoms with E-state index in [2.05, 4.69) is 6.58 Å². The van der Waals surface area contributed by atoms with Crippen LogP contribution in [0, 0.1) is 0 Å². The minimum atomic E-state index is -0.264. The maximum absolute atomic E-state index is 13.5. The van der Waals surface area contributed by atoms with Crippen molar-refractivity contribution in [3.8, 4) is 0 Å². The Morgan fingerprint density at radius 1 is 0.412 bits per heavy atom. The van der Waals surface area contributed by atoms with Gasteiger partial charge in [0.15, 0.2) is 23.1 Å². The first-order valence-corrected chi connectivity index (χ1v) is 10.8. The highest BCUT2D eigenvalue weighted by Crippen LogP contribution is 2.38. The van der Waals surface area contributed by atoms with Gasteiger partial charge in [0, 0.05) is 44.5 Å². The van der Waals surface area contributed by atoms with Crippen LogP contribution in [0.3, 0.4) is 0 Å². The van der Waals surface area contributed by atoms with Crippen LogP contribution in [-0.2, 0) is 0 Å². The fourth-order valence-corrected chi connectivity index (χ4v) is 4.94. The summed E-state index contributed by atoms with van der Waals surface area (Å²) in [5.41, 5.74) is 3.93. The third kappa shape index (κ3) is 2.60. The van der Waals surface area contributed by atoms with E-state index in [1.165, 1.54) is 0 Å². The summed E-state index contributed by atoms with van der Waals surface area (Å²) >= 11 is 0. The van der Waals surface area contributed by atoms with Crippen LogP contribution in [0.2, 0.25) is 0 Å². The predicted molar refractivity (Wildman–Crippen MR) is 128 cm³/mol. The summed E-state index contributed by atoms with van der Waals surface area (Å²) in [7, 11) is 0. The molecule has 4 heteroatoms. The van der Waals surface area contributed by atoms with Crippen LogP contribution in [0.25, 0.3) is 5.57 Å². The molecule has 0 bridgehead atoms. The average molecular weight is 440 g/mol. The topological polar surface area (TPSA) is 68.3 Å². The van der Waals surface area contributed by atoms with Gasteiger partial charge in [-0.3, -0.25) is 19.2 Å². The van der Waals surface area contributed by atoms with Crippen LogP contribution < -0.4 is 0 Å². The Balaban J connectivity index is 1.55. The number of benzene rings is 4. The minimum absolute atomic E-state index is 0.227. The molecule has 0 N–H and O–H groups in total. The van der Waals surface area contributed by atoms with E-state index in [1.807, 2.05) is 0 Å². The average Bonchev–Trinajstić information content (AvgIpc) is 2.89. The Labute approximate surface area is 195 Å². The summed E-state index contributed by atoms with van der Waals surface area (Å²) in [4.78, 5) is 53.2. The van der Waals surface area contributed by atoms with Gasteiger partial charge in [-0.05, 0) is 16.7 Å². The molecule has 160 valence electrons. The number of hydrogen-bond acceptors (Lipinski definition) is 4. The van der Waals surface area contributed by atoms with Gasteiger partial charge >= 0.3 is 0 Å². The number of ketones is 4. The van der Waals surface area contributed by atoms with Gasteiger partial charge in [0.2, 0.25) is 0 Å². The number of carbonyl (C=O) groups excluding carboxylic acids is 4. The van der Waals surface area contributed by atoms with Crippen molar-refractivity contribution in [3.05, 3.63) is 147 Å². The molecule has 0 saturated carbocycles. The zero-order valence-electron chi connectivity index (χ0n) is 17.9. The van der Waals surface area contributed by atoms with Crippen LogP contribution in [0.5, 0.6) is 0 Å². The van der Waals surface area contributed by atoms with E-state index in [1.54, 1.807) is 84.9 Å². The first kappa shape index (κ1) is 19.9. The second-order valence-electron chi connectivity index (χ2n) is 8.34. The molecule has 0 fully saturated rings. The molecule has 0 heterocycles. The standard InChI is InChI=1S/C30H16O4/c1-16(17-12-6-14-23-25(17)29(33)21-10-4-2-8-19(21)27(23)31)18-13-7-15-24-26(18)30(34)22-11-5-3-9-20(22)28(24)32/h2-15H,1H2. The molecular formula is C30H16O4. The van der Waals surface area contributed by atoms with Crippen LogP contribution in [0.4, 0.5) is 0 Å². The first-order valence-electron chi connectivity index (χ1n) is 10.8. The van der Waals surface area contributed by atoms with E-state index >= 15 is 0 Å². The van der Waals surface area contributed by atoms with Crippen LogP contribution in [0.1, 0.15) is 74.8 Å². The number of carbonyl (C=O) groups is 4. The SMILES string of the molecule is C=C(c1cccc2c1C(=O)c1ccccc1C2=O)c1cccc2c1C(=O)c1ccccc1C2=O. The van der Waals surface area contributed by atoms with Gasteiger partial charge in [-0.1, -0.05) is 91.5 Å². The van der Waals surface area contributed by atoms with E-state index in [0.717, 1.165) is 0 Å². The van der Waals surface area contributed by atoms with Crippen LogP contribution in [0.15, 0.2) is 91.5 Å². The maximum atomic E-state index is 13.5. The monoisotopic (exact) mass is 440 g/mol. The summed E-state index contributed by atoms with van der Waals surface area (Å²) in [6.07, 6.45) is 0. The predicted octanol–water partition coefficient (Wildman–Crippen LogP) is 5.30. The molecule has 0 amide bonds. The normalized spacial score (nSPS) is 13.6. The molecule has 2 aliphatic carbocycles. The van der Waals surface area contributed by atoms with Gasteiger partial charge in [0.05, 0.1) is 0 Å². The van der Waals surface area contributed by atoms with Crippen molar-refractivity contribution < 1.29 is 19.2 Å². The number of rotatable bonds is 2. The van der Waals surface area contributed by atoms with Crippen molar-refractivity contribution in [1.82, 2.24) is 0 Å². The molecule has 4 nitrogen and oxygen atoms in total. The Hall–Kier alpha value is -4.70. The molecule has 34 heavy (non-hydrogen) atoms. The molecule has 0 atom stereocenters. The lowest BCUT2D eigenvalue weighted by atomic mass is 9.77. The van der Waals surface area contributed by atoms with E-state index in [-0.39, 0.29) is 34.3 Å². The molecule has 0 aromatic heterocycles. The van der Waals surface area contributed by atoms with Gasteiger partial charge in [-0.2, -0.15) is 0 Å². The fourth-order valence-electron chi connectivity index (χ4n) is 4.94. The molecule has 4 aromatic rings. The van der Waals surface area contributed by atoms with Crippen molar-refractivity contribution in [2.45, 2.75) is 0 Å². The Morgan fingerprint density at radius 3 is 1.12 bits per heavy atom. The smallest absolute Gasteiger partial charge is 0.195 e. The molecular weight excluding hydrogens is 424 g/mol. The van der Waals surface area contributed by atoms with Crippen LogP contribution in [-0.4, -0.2) is 23.1 Å². The van der Waals surface area contributed by atoms with Gasteiger partial charge in [-0.25, -0.2) is 0 Å². The van der Waals surface area contributed by atoms with Crippen molar-refractivity contribution in [2.75, 3.05) is 0 Å². The van der Waals surface area contributed by atoms with Gasteiger partial charge in [0.1, 0.15) is 0 Å². The summed E-state index contributed by atoms with van der Waals surface area (Å²) in [6, 6.07) is 23.6. The molecule has 0 aliphatic heterocycles. The lowest BCUT2D eigenvalue weighted by Crippen LogP contribution is -2.24. The van der Waals surface area contributed by atoms with Crippen molar-refractivity contribution >= 4 is 28.7 Å². The number of hydrogen-bond donors (Lipinski definition) is 0. The van der Waals surface area contributed by atoms with E-state index in [4.69, 9.17) is 0 Å². The van der Waals surface area contributed by atoms with Crippen LogP contribution >= 0.6 is 0 Å². The third-order valence-corrected chi connectivity index (χ3v) is 6.56. The first-order chi connectivity index (χ1) is 16.5. The summed E-state index contributed by atoms with van der Waals surface area (Å²) < 4.78 is 0. The van der Waals surface area contributed by atoms with Crippen molar-refractivity contribution in [3.63, 3.8) is 0 Å². The lowest BCUT2D eigenvalue weighted by Gasteiger charge is -2.24. The quantitative estimate of drug-likeness (QED) is 0.367. The lowest BCUT2D eigenvalue weighted by molar-refractivity contribution is 0.0978. The maximum Gasteiger partial charge on any atom is 0.195 e. The van der Waals surface area contributed by atoms with E-state index in [0.29, 0.717) is 50.1 Å². The molecule has 6 rings (SSSR count). The Morgan fingerprint density at radius 2 is 0.735 bits per heavy atom. The van der Waals surface area contributed by atoms with Gasteiger partial charge < -0.3 is 0 Å².